The van der Waals surface area contributed by atoms with Crippen LogP contribution in [-0.4, -0.2) is 57.7 Å². The number of hydrogen-bond acceptors (Lipinski definition) is 4. The highest BCUT2D eigenvalue weighted by Gasteiger charge is 2.18. The Labute approximate surface area is 208 Å². The van der Waals surface area contributed by atoms with E-state index in [1.165, 1.54) is 5.69 Å². The van der Waals surface area contributed by atoms with E-state index in [-0.39, 0.29) is 24.0 Å². The maximum absolute atomic E-state index is 6.59. The molecule has 1 fully saturated rings. The first-order chi connectivity index (χ1) is 14.6. The van der Waals surface area contributed by atoms with Gasteiger partial charge in [-0.3, -0.25) is 0 Å². The van der Waals surface area contributed by atoms with Crippen LogP contribution in [0.3, 0.4) is 0 Å². The minimum absolute atomic E-state index is 0. The van der Waals surface area contributed by atoms with E-state index in [4.69, 9.17) is 21.3 Å². The Morgan fingerprint density at radius 1 is 1.06 bits per heavy atom. The summed E-state index contributed by atoms with van der Waals surface area (Å²) in [5, 5.41) is 7.55. The lowest BCUT2D eigenvalue weighted by Crippen LogP contribution is -2.45. The van der Waals surface area contributed by atoms with Crippen molar-refractivity contribution in [1.29, 1.82) is 0 Å². The van der Waals surface area contributed by atoms with Gasteiger partial charge in [-0.25, -0.2) is 4.99 Å². The number of methoxy groups -OCH3 is 1. The molecule has 6 nitrogen and oxygen atoms in total. The number of anilines is 1. The van der Waals surface area contributed by atoms with Crippen LogP contribution in [0.4, 0.5) is 5.69 Å². The minimum atomic E-state index is 0. The van der Waals surface area contributed by atoms with Crippen LogP contribution >= 0.6 is 35.6 Å². The number of benzene rings is 2. The van der Waals surface area contributed by atoms with Gasteiger partial charge >= 0.3 is 0 Å². The lowest BCUT2D eigenvalue weighted by molar-refractivity contribution is 0.312. The standard InChI is InChI=1S/C23H32ClN5O.HI/c1-4-25-23(26-16-18-8-10-19(30-3)11-9-18)27-17-20-21(24)6-5-7-22(20)29-14-12-28(2)13-15-29;/h5-11H,4,12-17H2,1-3H3,(H2,25,26,27);1H. The van der Waals surface area contributed by atoms with E-state index in [9.17, 15) is 0 Å². The molecular weight excluding hydrogens is 525 g/mol. The summed E-state index contributed by atoms with van der Waals surface area (Å²) in [4.78, 5) is 9.50. The molecule has 2 N–H and O–H groups in total. The zero-order valence-corrected chi connectivity index (χ0v) is 21.6. The van der Waals surface area contributed by atoms with Crippen molar-refractivity contribution >= 4 is 47.2 Å². The molecule has 0 radical (unpaired) electrons. The third-order valence-corrected chi connectivity index (χ3v) is 5.65. The van der Waals surface area contributed by atoms with Crippen molar-refractivity contribution in [2.24, 2.45) is 4.99 Å². The van der Waals surface area contributed by atoms with E-state index >= 15 is 0 Å². The smallest absolute Gasteiger partial charge is 0.191 e. The Balaban J connectivity index is 0.00000341. The van der Waals surface area contributed by atoms with Gasteiger partial charge in [-0.2, -0.15) is 0 Å². The second-order valence-electron chi connectivity index (χ2n) is 7.42. The van der Waals surface area contributed by atoms with Gasteiger partial charge in [0.05, 0.1) is 13.7 Å². The highest BCUT2D eigenvalue weighted by atomic mass is 127. The van der Waals surface area contributed by atoms with Crippen molar-refractivity contribution in [2.45, 2.75) is 20.0 Å². The molecule has 0 saturated carbocycles. The van der Waals surface area contributed by atoms with Crippen LogP contribution in [0.15, 0.2) is 47.5 Å². The number of rotatable bonds is 7. The highest BCUT2D eigenvalue weighted by molar-refractivity contribution is 14.0. The van der Waals surface area contributed by atoms with E-state index < -0.39 is 0 Å². The number of guanidine groups is 1. The van der Waals surface area contributed by atoms with Gasteiger partial charge in [-0.15, -0.1) is 24.0 Å². The maximum Gasteiger partial charge on any atom is 0.191 e. The minimum Gasteiger partial charge on any atom is -0.497 e. The van der Waals surface area contributed by atoms with E-state index in [1.54, 1.807) is 7.11 Å². The fraction of sp³-hybridized carbons (Fsp3) is 0.435. The molecule has 1 saturated heterocycles. The number of hydrogen-bond donors (Lipinski definition) is 2. The van der Waals surface area contributed by atoms with Gasteiger partial charge in [0.25, 0.3) is 0 Å². The molecule has 0 atom stereocenters. The fourth-order valence-electron chi connectivity index (χ4n) is 3.48. The first kappa shape index (κ1) is 25.5. The number of piperazine rings is 1. The molecule has 0 spiro atoms. The first-order valence-corrected chi connectivity index (χ1v) is 10.8. The van der Waals surface area contributed by atoms with Gasteiger partial charge in [-0.05, 0) is 43.8 Å². The lowest BCUT2D eigenvalue weighted by Gasteiger charge is -2.35. The molecule has 1 aliphatic rings. The summed E-state index contributed by atoms with van der Waals surface area (Å²) in [5.74, 6) is 1.63. The van der Waals surface area contributed by atoms with E-state index in [0.717, 1.165) is 60.6 Å². The van der Waals surface area contributed by atoms with Crippen molar-refractivity contribution in [3.05, 3.63) is 58.6 Å². The predicted molar refractivity (Wildman–Crippen MR) is 141 cm³/mol. The molecular formula is C23H33ClIN5O. The number of nitrogens with one attached hydrogen (secondary N) is 2. The molecule has 8 heteroatoms. The van der Waals surface area contributed by atoms with Crippen molar-refractivity contribution in [3.8, 4) is 5.75 Å². The SMILES string of the molecule is CCNC(=NCc1ccc(OC)cc1)NCc1c(Cl)cccc1N1CCN(C)CC1.I. The normalized spacial score (nSPS) is 14.7. The molecule has 2 aromatic rings. The van der Waals surface area contributed by atoms with Crippen LogP contribution in [0.2, 0.25) is 5.02 Å². The molecule has 3 rings (SSSR count). The average molecular weight is 558 g/mol. The molecule has 1 aliphatic heterocycles. The van der Waals surface area contributed by atoms with E-state index in [2.05, 4.69) is 40.5 Å². The van der Waals surface area contributed by atoms with Gasteiger partial charge < -0.3 is 25.2 Å². The molecule has 0 aromatic heterocycles. The number of aliphatic imine (C=N–C) groups is 1. The molecule has 31 heavy (non-hydrogen) atoms. The Hall–Kier alpha value is -1.71. The van der Waals surface area contributed by atoms with Crippen LogP contribution in [0.5, 0.6) is 5.75 Å². The lowest BCUT2D eigenvalue weighted by atomic mass is 10.1. The van der Waals surface area contributed by atoms with E-state index in [0.29, 0.717) is 13.1 Å². The first-order valence-electron chi connectivity index (χ1n) is 10.5. The summed E-state index contributed by atoms with van der Waals surface area (Å²) in [6, 6.07) is 14.1. The molecule has 0 amide bonds. The van der Waals surface area contributed by atoms with Crippen LogP contribution in [0, 0.1) is 0 Å². The summed E-state index contributed by atoms with van der Waals surface area (Å²) in [6.45, 7) is 8.21. The third-order valence-electron chi connectivity index (χ3n) is 5.29. The zero-order chi connectivity index (χ0) is 21.3. The quantitative estimate of drug-likeness (QED) is 0.307. The van der Waals surface area contributed by atoms with Crippen molar-refractivity contribution < 1.29 is 4.74 Å². The Kier molecular flexibility index (Phi) is 10.7. The summed E-state index contributed by atoms with van der Waals surface area (Å²) in [6.07, 6.45) is 0. The molecule has 2 aromatic carbocycles. The van der Waals surface area contributed by atoms with Crippen LogP contribution < -0.4 is 20.3 Å². The molecule has 170 valence electrons. The number of ether oxygens (including phenoxy) is 1. The molecule has 1 heterocycles. The van der Waals surface area contributed by atoms with Crippen LogP contribution in [0.1, 0.15) is 18.1 Å². The van der Waals surface area contributed by atoms with Gasteiger partial charge in [0.15, 0.2) is 5.96 Å². The number of nitrogens with zero attached hydrogens (tertiary/aromatic N) is 3. The van der Waals surface area contributed by atoms with Crippen LogP contribution in [0.25, 0.3) is 0 Å². The average Bonchev–Trinajstić information content (AvgIpc) is 2.77. The Morgan fingerprint density at radius 3 is 2.42 bits per heavy atom. The molecule has 0 aliphatic carbocycles. The van der Waals surface area contributed by atoms with Crippen molar-refractivity contribution in [2.75, 3.05) is 51.8 Å². The van der Waals surface area contributed by atoms with Gasteiger partial charge in [-0.1, -0.05) is 29.8 Å². The van der Waals surface area contributed by atoms with Gasteiger partial charge in [0.2, 0.25) is 0 Å². The number of likely N-dealkylation sites (N-methyl/N-ethyl adjacent to an activating group) is 1. The summed E-state index contributed by atoms with van der Waals surface area (Å²) in [7, 11) is 3.84. The number of halogens is 2. The second kappa shape index (κ2) is 13.0. The summed E-state index contributed by atoms with van der Waals surface area (Å²) < 4.78 is 5.22. The largest absolute Gasteiger partial charge is 0.497 e. The molecule has 0 unspecified atom stereocenters. The summed E-state index contributed by atoms with van der Waals surface area (Å²) in [5.41, 5.74) is 3.44. The van der Waals surface area contributed by atoms with Gasteiger partial charge in [0.1, 0.15) is 5.75 Å². The monoisotopic (exact) mass is 557 g/mol. The maximum atomic E-state index is 6.59. The Bertz CT molecular complexity index is 838. The predicted octanol–water partition coefficient (Wildman–Crippen LogP) is 3.97. The highest BCUT2D eigenvalue weighted by Crippen LogP contribution is 2.28. The van der Waals surface area contributed by atoms with Crippen LogP contribution in [-0.2, 0) is 13.1 Å². The second-order valence-corrected chi connectivity index (χ2v) is 7.83. The van der Waals surface area contributed by atoms with Crippen molar-refractivity contribution in [1.82, 2.24) is 15.5 Å². The topological polar surface area (TPSA) is 52.1 Å². The van der Waals surface area contributed by atoms with Crippen molar-refractivity contribution in [3.63, 3.8) is 0 Å². The molecule has 0 bridgehead atoms. The Morgan fingerprint density at radius 2 is 1.77 bits per heavy atom. The zero-order valence-electron chi connectivity index (χ0n) is 18.5. The van der Waals surface area contributed by atoms with E-state index in [1.807, 2.05) is 36.4 Å². The fourth-order valence-corrected chi connectivity index (χ4v) is 3.72. The van der Waals surface area contributed by atoms with Gasteiger partial charge in [0, 0.05) is 55.5 Å². The summed E-state index contributed by atoms with van der Waals surface area (Å²) >= 11 is 6.59. The third kappa shape index (κ3) is 7.43.